The summed E-state index contributed by atoms with van der Waals surface area (Å²) in [6, 6.07) is 6.25. The van der Waals surface area contributed by atoms with E-state index in [1.165, 1.54) is 12.1 Å². The second-order valence-corrected chi connectivity index (χ2v) is 5.05. The average Bonchev–Trinajstić information content (AvgIpc) is 2.68. The molecule has 3 rings (SSSR count). The number of fused-ring (bicyclic) bond motifs is 2. The van der Waals surface area contributed by atoms with Crippen molar-refractivity contribution in [1.29, 1.82) is 0 Å². The fourth-order valence-corrected chi connectivity index (χ4v) is 2.77. The summed E-state index contributed by atoms with van der Waals surface area (Å²) in [5, 5.41) is 6.14. The molecule has 2 aliphatic rings. The van der Waals surface area contributed by atoms with E-state index in [-0.39, 0.29) is 11.8 Å². The summed E-state index contributed by atoms with van der Waals surface area (Å²) in [5.41, 5.74) is 0.505. The zero-order valence-corrected chi connectivity index (χ0v) is 10.0. The molecule has 0 aliphatic carbocycles. The van der Waals surface area contributed by atoms with E-state index in [2.05, 4.69) is 10.6 Å². The van der Waals surface area contributed by atoms with Crippen molar-refractivity contribution in [1.82, 2.24) is 10.2 Å². The number of amides is 2. The molecule has 5 heteroatoms. The van der Waals surface area contributed by atoms with Crippen molar-refractivity contribution in [2.75, 3.05) is 25.0 Å². The lowest BCUT2D eigenvalue weighted by Gasteiger charge is -2.31. The minimum absolute atomic E-state index is 0.140. The Labute approximate surface area is 105 Å². The number of likely N-dealkylation sites (tertiary alicyclic amines) is 1. The van der Waals surface area contributed by atoms with Gasteiger partial charge in [0.1, 0.15) is 5.82 Å². The topological polar surface area (TPSA) is 44.4 Å². The number of nitrogens with zero attached hydrogens (tertiary/aromatic N) is 1. The van der Waals surface area contributed by atoms with Crippen LogP contribution < -0.4 is 10.6 Å². The zero-order valence-electron chi connectivity index (χ0n) is 10.0. The lowest BCUT2D eigenvalue weighted by atomic mass is 10.0. The third-order valence-electron chi connectivity index (χ3n) is 3.60. The molecule has 2 atom stereocenters. The normalized spacial score (nSPS) is 26.2. The highest BCUT2D eigenvalue weighted by molar-refractivity contribution is 5.89. The molecule has 2 fully saturated rings. The van der Waals surface area contributed by atoms with Crippen LogP contribution in [0.2, 0.25) is 0 Å². The number of piperidine rings is 1. The van der Waals surface area contributed by atoms with Crippen molar-refractivity contribution in [2.45, 2.75) is 12.5 Å². The minimum atomic E-state index is -0.340. The van der Waals surface area contributed by atoms with E-state index in [0.717, 1.165) is 26.1 Å². The molecule has 96 valence electrons. The highest BCUT2D eigenvalue weighted by Crippen LogP contribution is 2.22. The summed E-state index contributed by atoms with van der Waals surface area (Å²) >= 11 is 0. The highest BCUT2D eigenvalue weighted by Gasteiger charge is 2.34. The van der Waals surface area contributed by atoms with E-state index in [1.807, 2.05) is 4.90 Å². The van der Waals surface area contributed by atoms with Crippen LogP contribution in [0.4, 0.5) is 14.9 Å². The molecule has 0 radical (unpaired) electrons. The van der Waals surface area contributed by atoms with Crippen molar-refractivity contribution in [3.05, 3.63) is 30.1 Å². The molecule has 2 amide bonds. The van der Waals surface area contributed by atoms with Crippen LogP contribution >= 0.6 is 0 Å². The van der Waals surface area contributed by atoms with Crippen molar-refractivity contribution in [2.24, 2.45) is 5.92 Å². The Hall–Kier alpha value is -1.62. The molecule has 2 N–H and O–H groups in total. The summed E-state index contributed by atoms with van der Waals surface area (Å²) < 4.78 is 13.0. The first-order valence-corrected chi connectivity index (χ1v) is 6.25. The van der Waals surface area contributed by atoms with Crippen LogP contribution in [0.25, 0.3) is 0 Å². The van der Waals surface area contributed by atoms with Gasteiger partial charge >= 0.3 is 6.03 Å². The van der Waals surface area contributed by atoms with E-state index < -0.39 is 0 Å². The number of carbonyl (C=O) groups is 1. The molecule has 2 bridgehead atoms. The van der Waals surface area contributed by atoms with Gasteiger partial charge in [-0.3, -0.25) is 0 Å². The Balaban J connectivity index is 1.65. The summed E-state index contributed by atoms with van der Waals surface area (Å²) in [6.07, 6.45) is 1.16. The van der Waals surface area contributed by atoms with Crippen molar-refractivity contribution < 1.29 is 9.18 Å². The molecule has 1 aromatic rings. The Morgan fingerprint density at radius 1 is 1.44 bits per heavy atom. The van der Waals surface area contributed by atoms with Crippen molar-refractivity contribution in [3.63, 3.8) is 0 Å². The number of halogens is 1. The molecule has 2 saturated heterocycles. The SMILES string of the molecule is O=C(Nc1cccc(F)c1)N1CC2CNC(C2)C1. The number of hydrogen-bond donors (Lipinski definition) is 2. The molecule has 0 spiro atoms. The van der Waals surface area contributed by atoms with Crippen LogP contribution in [0, 0.1) is 11.7 Å². The molecule has 0 saturated carbocycles. The molecule has 1 aromatic carbocycles. The number of benzene rings is 1. The number of anilines is 1. The third-order valence-corrected chi connectivity index (χ3v) is 3.60. The first-order chi connectivity index (χ1) is 8.70. The van der Waals surface area contributed by atoms with Gasteiger partial charge in [-0.05, 0) is 30.5 Å². The molecule has 0 aromatic heterocycles. The molecule has 2 heterocycles. The molecule has 2 unspecified atom stereocenters. The van der Waals surface area contributed by atoms with Gasteiger partial charge < -0.3 is 15.5 Å². The molecule has 18 heavy (non-hydrogen) atoms. The number of hydrogen-bond acceptors (Lipinski definition) is 2. The highest BCUT2D eigenvalue weighted by atomic mass is 19.1. The van der Waals surface area contributed by atoms with E-state index in [1.54, 1.807) is 12.1 Å². The van der Waals surface area contributed by atoms with Gasteiger partial charge in [-0.2, -0.15) is 0 Å². The number of rotatable bonds is 1. The predicted molar refractivity (Wildman–Crippen MR) is 66.9 cm³/mol. The monoisotopic (exact) mass is 249 g/mol. The zero-order chi connectivity index (χ0) is 12.5. The fraction of sp³-hybridized carbons (Fsp3) is 0.462. The molecular weight excluding hydrogens is 233 g/mol. The maximum absolute atomic E-state index is 13.0. The summed E-state index contributed by atoms with van der Waals surface area (Å²) in [4.78, 5) is 13.9. The van der Waals surface area contributed by atoms with Crippen LogP contribution in [0.1, 0.15) is 6.42 Å². The van der Waals surface area contributed by atoms with E-state index in [4.69, 9.17) is 0 Å². The quantitative estimate of drug-likeness (QED) is 0.795. The Kier molecular flexibility index (Phi) is 2.91. The molecular formula is C13H16FN3O. The van der Waals surface area contributed by atoms with Crippen LogP contribution in [-0.4, -0.2) is 36.6 Å². The van der Waals surface area contributed by atoms with Gasteiger partial charge in [-0.25, -0.2) is 9.18 Å². The van der Waals surface area contributed by atoms with Gasteiger partial charge in [0.15, 0.2) is 0 Å². The average molecular weight is 249 g/mol. The van der Waals surface area contributed by atoms with Crippen LogP contribution in [0.15, 0.2) is 24.3 Å². The maximum Gasteiger partial charge on any atom is 0.321 e. The third kappa shape index (κ3) is 2.31. The van der Waals surface area contributed by atoms with Gasteiger partial charge in [-0.1, -0.05) is 6.07 Å². The van der Waals surface area contributed by atoms with E-state index in [0.29, 0.717) is 17.6 Å². The standard InChI is InChI=1S/C13H16FN3O/c14-10-2-1-3-11(5-10)16-13(18)17-7-9-4-12(8-17)15-6-9/h1-3,5,9,12,15H,4,6-8H2,(H,16,18). The van der Waals surface area contributed by atoms with Gasteiger partial charge in [-0.15, -0.1) is 0 Å². The van der Waals surface area contributed by atoms with Gasteiger partial charge in [0.05, 0.1) is 0 Å². The Bertz CT molecular complexity index is 453. The summed E-state index contributed by atoms with van der Waals surface area (Å²) in [7, 11) is 0. The molecule has 4 nitrogen and oxygen atoms in total. The second-order valence-electron chi connectivity index (χ2n) is 5.05. The largest absolute Gasteiger partial charge is 0.323 e. The Morgan fingerprint density at radius 3 is 3.11 bits per heavy atom. The van der Waals surface area contributed by atoms with Gasteiger partial charge in [0.2, 0.25) is 0 Å². The van der Waals surface area contributed by atoms with Crippen LogP contribution in [-0.2, 0) is 0 Å². The van der Waals surface area contributed by atoms with Crippen LogP contribution in [0.3, 0.4) is 0 Å². The first kappa shape index (κ1) is 11.5. The lowest BCUT2D eigenvalue weighted by molar-refractivity contribution is 0.186. The summed E-state index contributed by atoms with van der Waals surface area (Å²) in [5.74, 6) is 0.218. The van der Waals surface area contributed by atoms with Gasteiger partial charge in [0, 0.05) is 31.4 Å². The van der Waals surface area contributed by atoms with Crippen molar-refractivity contribution >= 4 is 11.7 Å². The fourth-order valence-electron chi connectivity index (χ4n) is 2.77. The van der Waals surface area contributed by atoms with E-state index >= 15 is 0 Å². The van der Waals surface area contributed by atoms with Crippen LogP contribution in [0.5, 0.6) is 0 Å². The summed E-state index contributed by atoms with van der Waals surface area (Å²) in [6.45, 7) is 2.51. The van der Waals surface area contributed by atoms with Crippen molar-refractivity contribution in [3.8, 4) is 0 Å². The maximum atomic E-state index is 13.0. The smallest absolute Gasteiger partial charge is 0.321 e. The lowest BCUT2D eigenvalue weighted by Crippen LogP contribution is -2.46. The van der Waals surface area contributed by atoms with E-state index in [9.17, 15) is 9.18 Å². The van der Waals surface area contributed by atoms with Gasteiger partial charge in [0.25, 0.3) is 0 Å². The Morgan fingerprint density at radius 2 is 2.33 bits per heavy atom. The second kappa shape index (κ2) is 4.57. The number of nitrogens with one attached hydrogen (secondary N) is 2. The minimum Gasteiger partial charge on any atom is -0.323 e. The first-order valence-electron chi connectivity index (χ1n) is 6.25. The number of carbonyl (C=O) groups excluding carboxylic acids is 1. The predicted octanol–water partition coefficient (Wildman–Crippen LogP) is 1.65. The molecule has 2 aliphatic heterocycles. The number of urea groups is 1.